The van der Waals surface area contributed by atoms with E-state index in [4.69, 9.17) is 11.6 Å². The molecule has 0 aliphatic rings. The third-order valence-corrected chi connectivity index (χ3v) is 2.50. The fourth-order valence-corrected chi connectivity index (χ4v) is 1.50. The molecule has 86 valence electrons. The van der Waals surface area contributed by atoms with Crippen molar-refractivity contribution in [2.75, 3.05) is 0 Å². The molecule has 1 heterocycles. The average Bonchev–Trinajstić information content (AvgIpc) is 2.33. The van der Waals surface area contributed by atoms with E-state index in [1.54, 1.807) is 24.3 Å². The zero-order valence-electron chi connectivity index (χ0n) is 8.84. The lowest BCUT2D eigenvalue weighted by Gasteiger charge is -2.03. The van der Waals surface area contributed by atoms with E-state index in [1.807, 2.05) is 0 Å². The minimum Gasteiger partial charge on any atom is -0.292 e. The summed E-state index contributed by atoms with van der Waals surface area (Å²) in [5.41, 5.74) is 0.210. The van der Waals surface area contributed by atoms with Crippen LogP contribution in [0.4, 0.5) is 0 Å². The molecule has 0 radical (unpaired) electrons. The van der Waals surface area contributed by atoms with Gasteiger partial charge in [-0.05, 0) is 30.3 Å². The van der Waals surface area contributed by atoms with Crippen LogP contribution in [0.5, 0.6) is 0 Å². The first kappa shape index (κ1) is 11.5. The number of Topliss-reactive ketones (excluding diaryl/α,β-unsaturated/α-hetero) is 1. The maximum atomic E-state index is 11.8. The molecule has 0 saturated heterocycles. The van der Waals surface area contributed by atoms with Crippen molar-refractivity contribution in [3.05, 3.63) is 63.5 Å². The molecular weight excluding hydrogens is 240 g/mol. The summed E-state index contributed by atoms with van der Waals surface area (Å²) in [6.45, 7) is -0.0681. The first-order valence-corrected chi connectivity index (χ1v) is 5.35. The van der Waals surface area contributed by atoms with Crippen molar-refractivity contribution in [3.63, 3.8) is 0 Å². The molecular formula is C12H9ClN2O2. The van der Waals surface area contributed by atoms with Gasteiger partial charge in [0.2, 0.25) is 0 Å². The maximum Gasteiger partial charge on any atom is 0.267 e. The Kier molecular flexibility index (Phi) is 3.35. The van der Waals surface area contributed by atoms with Gasteiger partial charge in [0.1, 0.15) is 6.54 Å². The smallest absolute Gasteiger partial charge is 0.267 e. The van der Waals surface area contributed by atoms with E-state index >= 15 is 0 Å². The number of carbonyl (C=O) groups is 1. The predicted molar refractivity (Wildman–Crippen MR) is 64.3 cm³/mol. The van der Waals surface area contributed by atoms with Crippen molar-refractivity contribution in [2.24, 2.45) is 0 Å². The minimum absolute atomic E-state index is 0.0681. The number of hydrogen-bond acceptors (Lipinski definition) is 3. The van der Waals surface area contributed by atoms with Crippen LogP contribution in [0.1, 0.15) is 10.4 Å². The van der Waals surface area contributed by atoms with E-state index in [0.29, 0.717) is 10.6 Å². The van der Waals surface area contributed by atoms with Gasteiger partial charge in [-0.2, -0.15) is 5.10 Å². The lowest BCUT2D eigenvalue weighted by atomic mass is 10.1. The quantitative estimate of drug-likeness (QED) is 0.778. The fourth-order valence-electron chi connectivity index (χ4n) is 1.37. The third kappa shape index (κ3) is 2.79. The van der Waals surface area contributed by atoms with Crippen molar-refractivity contribution in [2.45, 2.75) is 6.54 Å². The summed E-state index contributed by atoms with van der Waals surface area (Å²) in [5.74, 6) is -0.178. The van der Waals surface area contributed by atoms with Crippen LogP contribution < -0.4 is 5.56 Å². The Morgan fingerprint density at radius 3 is 2.59 bits per heavy atom. The van der Waals surface area contributed by atoms with Crippen molar-refractivity contribution in [3.8, 4) is 0 Å². The van der Waals surface area contributed by atoms with Gasteiger partial charge in [0, 0.05) is 22.8 Å². The van der Waals surface area contributed by atoms with Gasteiger partial charge in [0.25, 0.3) is 5.56 Å². The van der Waals surface area contributed by atoms with Crippen LogP contribution >= 0.6 is 11.6 Å². The molecule has 4 nitrogen and oxygen atoms in total. The van der Waals surface area contributed by atoms with Crippen LogP contribution in [0.15, 0.2) is 47.4 Å². The molecule has 0 aliphatic carbocycles. The summed E-state index contributed by atoms with van der Waals surface area (Å²) in [5, 5.41) is 4.38. The second-order valence-corrected chi connectivity index (χ2v) is 3.89. The molecule has 2 rings (SSSR count). The summed E-state index contributed by atoms with van der Waals surface area (Å²) < 4.78 is 1.12. The largest absolute Gasteiger partial charge is 0.292 e. The highest BCUT2D eigenvalue weighted by molar-refractivity contribution is 6.30. The summed E-state index contributed by atoms with van der Waals surface area (Å²) in [4.78, 5) is 23.2. The van der Waals surface area contributed by atoms with Gasteiger partial charge < -0.3 is 0 Å². The van der Waals surface area contributed by atoms with Crippen molar-refractivity contribution >= 4 is 17.4 Å². The zero-order chi connectivity index (χ0) is 12.3. The molecule has 5 heteroatoms. The van der Waals surface area contributed by atoms with Gasteiger partial charge in [0.05, 0.1) is 0 Å². The molecule has 0 bridgehead atoms. The normalized spacial score (nSPS) is 10.2. The summed E-state index contributed by atoms with van der Waals surface area (Å²) in [6.07, 6.45) is 1.47. The number of halogens is 1. The van der Waals surface area contributed by atoms with E-state index in [9.17, 15) is 9.59 Å². The number of benzene rings is 1. The number of aromatic nitrogens is 2. The second-order valence-electron chi connectivity index (χ2n) is 3.45. The fraction of sp³-hybridized carbons (Fsp3) is 0.0833. The van der Waals surface area contributed by atoms with E-state index in [1.165, 1.54) is 18.3 Å². The second kappa shape index (κ2) is 4.93. The van der Waals surface area contributed by atoms with Crippen LogP contribution in [0.2, 0.25) is 5.02 Å². The van der Waals surface area contributed by atoms with E-state index in [2.05, 4.69) is 5.10 Å². The minimum atomic E-state index is -0.296. The van der Waals surface area contributed by atoms with Crippen LogP contribution in [-0.2, 0) is 6.54 Å². The van der Waals surface area contributed by atoms with E-state index in [-0.39, 0.29) is 17.9 Å². The van der Waals surface area contributed by atoms with Gasteiger partial charge in [-0.25, -0.2) is 4.68 Å². The van der Waals surface area contributed by atoms with Crippen molar-refractivity contribution in [1.29, 1.82) is 0 Å². The van der Waals surface area contributed by atoms with Crippen molar-refractivity contribution in [1.82, 2.24) is 9.78 Å². The monoisotopic (exact) mass is 248 g/mol. The molecule has 17 heavy (non-hydrogen) atoms. The van der Waals surface area contributed by atoms with Gasteiger partial charge in [-0.3, -0.25) is 9.59 Å². The number of rotatable bonds is 3. The Bertz CT molecular complexity index is 590. The lowest BCUT2D eigenvalue weighted by Crippen LogP contribution is -2.25. The SMILES string of the molecule is O=C(Cn1ncccc1=O)c1ccc(Cl)cc1. The standard InChI is InChI=1S/C12H9ClN2O2/c13-10-5-3-9(4-6-10)11(16)8-15-12(17)2-1-7-14-15/h1-7H,8H2. The molecule has 1 aromatic heterocycles. The maximum absolute atomic E-state index is 11.8. The van der Waals surface area contributed by atoms with Crippen LogP contribution in [0.25, 0.3) is 0 Å². The highest BCUT2D eigenvalue weighted by atomic mass is 35.5. The summed E-state index contributed by atoms with van der Waals surface area (Å²) in [7, 11) is 0. The van der Waals surface area contributed by atoms with Crippen LogP contribution in [0.3, 0.4) is 0 Å². The Labute approximate surface area is 102 Å². The Morgan fingerprint density at radius 2 is 1.94 bits per heavy atom. The van der Waals surface area contributed by atoms with Crippen molar-refractivity contribution < 1.29 is 4.79 Å². The molecule has 0 amide bonds. The van der Waals surface area contributed by atoms with Gasteiger partial charge in [-0.1, -0.05) is 11.6 Å². The molecule has 0 aliphatic heterocycles. The molecule has 0 N–H and O–H groups in total. The molecule has 0 atom stereocenters. The van der Waals surface area contributed by atoms with E-state index < -0.39 is 0 Å². The predicted octanol–water partition coefficient (Wildman–Crippen LogP) is 1.78. The number of ketones is 1. The molecule has 0 spiro atoms. The summed E-state index contributed by atoms with van der Waals surface area (Å²) in [6, 6.07) is 9.41. The number of carbonyl (C=O) groups excluding carboxylic acids is 1. The number of hydrogen-bond donors (Lipinski definition) is 0. The van der Waals surface area contributed by atoms with E-state index in [0.717, 1.165) is 4.68 Å². The summed E-state index contributed by atoms with van der Waals surface area (Å²) >= 11 is 5.72. The Balaban J connectivity index is 2.20. The topological polar surface area (TPSA) is 52.0 Å². The number of nitrogens with zero attached hydrogens (tertiary/aromatic N) is 2. The highest BCUT2D eigenvalue weighted by Crippen LogP contribution is 2.10. The van der Waals surface area contributed by atoms with Gasteiger partial charge in [-0.15, -0.1) is 0 Å². The zero-order valence-corrected chi connectivity index (χ0v) is 9.59. The van der Waals surface area contributed by atoms with Crippen LogP contribution in [-0.4, -0.2) is 15.6 Å². The lowest BCUT2D eigenvalue weighted by molar-refractivity contribution is 0.0965. The first-order chi connectivity index (χ1) is 8.16. The Hall–Kier alpha value is -1.94. The molecule has 0 unspecified atom stereocenters. The third-order valence-electron chi connectivity index (χ3n) is 2.24. The molecule has 0 saturated carbocycles. The van der Waals surface area contributed by atoms with Gasteiger partial charge in [0.15, 0.2) is 5.78 Å². The average molecular weight is 249 g/mol. The van der Waals surface area contributed by atoms with Crippen LogP contribution in [0, 0.1) is 0 Å². The molecule has 2 aromatic rings. The first-order valence-electron chi connectivity index (χ1n) is 4.98. The molecule has 1 aromatic carbocycles. The van der Waals surface area contributed by atoms with Gasteiger partial charge >= 0.3 is 0 Å². The molecule has 0 fully saturated rings. The highest BCUT2D eigenvalue weighted by Gasteiger charge is 2.07. The Morgan fingerprint density at radius 1 is 1.24 bits per heavy atom.